The van der Waals surface area contributed by atoms with Crippen LogP contribution < -0.4 is 11.1 Å². The van der Waals surface area contributed by atoms with Crippen molar-refractivity contribution < 1.29 is 13.7 Å². The van der Waals surface area contributed by atoms with Gasteiger partial charge in [0.2, 0.25) is 5.91 Å². The van der Waals surface area contributed by atoms with Gasteiger partial charge in [0.15, 0.2) is 5.82 Å². The number of rotatable bonds is 5. The van der Waals surface area contributed by atoms with Gasteiger partial charge in [-0.3, -0.25) is 9.32 Å². The molecule has 0 saturated heterocycles. The molecule has 0 fully saturated rings. The van der Waals surface area contributed by atoms with Crippen LogP contribution in [0.25, 0.3) is 11.4 Å². The number of nitrogens with one attached hydrogen (secondary N) is 1. The number of hydrogen-bond acceptors (Lipinski definition) is 4. The number of benzene rings is 2. The summed E-state index contributed by atoms with van der Waals surface area (Å²) in [6.07, 6.45) is 0. The lowest BCUT2D eigenvalue weighted by molar-refractivity contribution is -0.121. The lowest BCUT2D eigenvalue weighted by atomic mass is 10.2. The van der Waals surface area contributed by atoms with Gasteiger partial charge in [0, 0.05) is 12.1 Å². The first-order chi connectivity index (χ1) is 11.6. The Balaban J connectivity index is 1.70. The topological polar surface area (TPSA) is 77.1 Å². The molecule has 3 rings (SSSR count). The van der Waals surface area contributed by atoms with Crippen molar-refractivity contribution in [3.8, 4) is 11.4 Å². The molecule has 7 heteroatoms. The van der Waals surface area contributed by atoms with Gasteiger partial charge in [-0.05, 0) is 17.7 Å². The monoisotopic (exact) mass is 327 g/mol. The second-order valence-corrected chi connectivity index (χ2v) is 5.13. The fraction of sp³-hybridized carbons (Fsp3) is 0.118. The van der Waals surface area contributed by atoms with E-state index in [1.54, 1.807) is 36.4 Å². The summed E-state index contributed by atoms with van der Waals surface area (Å²) < 4.78 is 18.7. The van der Waals surface area contributed by atoms with Crippen molar-refractivity contribution in [1.29, 1.82) is 0 Å². The smallest absolute Gasteiger partial charge is 0.350 e. The molecule has 0 saturated carbocycles. The lowest BCUT2D eigenvalue weighted by Gasteiger charge is -2.07. The molecule has 1 heterocycles. The second-order valence-electron chi connectivity index (χ2n) is 5.13. The maximum atomic E-state index is 12.8. The molecule has 0 aliphatic heterocycles. The largest absolute Gasteiger partial charge is 0.442 e. The molecule has 2 aromatic carbocycles. The first-order valence-electron chi connectivity index (χ1n) is 7.26. The van der Waals surface area contributed by atoms with Gasteiger partial charge >= 0.3 is 5.76 Å². The maximum Gasteiger partial charge on any atom is 0.442 e. The molecule has 1 amide bonds. The number of carbonyl (C=O) groups is 1. The first-order valence-corrected chi connectivity index (χ1v) is 7.26. The van der Waals surface area contributed by atoms with Crippen LogP contribution in [-0.2, 0) is 17.9 Å². The molecule has 0 aliphatic rings. The van der Waals surface area contributed by atoms with Crippen LogP contribution >= 0.6 is 0 Å². The van der Waals surface area contributed by atoms with E-state index in [0.717, 1.165) is 10.1 Å². The van der Waals surface area contributed by atoms with Gasteiger partial charge in [-0.15, -0.1) is 0 Å². The van der Waals surface area contributed by atoms with Crippen molar-refractivity contribution in [3.63, 3.8) is 0 Å². The van der Waals surface area contributed by atoms with Crippen molar-refractivity contribution in [1.82, 2.24) is 15.0 Å². The van der Waals surface area contributed by atoms with Crippen molar-refractivity contribution in [2.45, 2.75) is 13.1 Å². The standard InChI is InChI=1S/C17H14FN3O3/c18-14-8-6-12(7-9-14)10-19-15(22)11-21-16(20-24-17(21)23)13-4-2-1-3-5-13/h1-9H,10-11H2,(H,19,22). The SMILES string of the molecule is O=C(Cn1c(-c2ccccc2)noc1=O)NCc1ccc(F)cc1. The lowest BCUT2D eigenvalue weighted by Crippen LogP contribution is -2.30. The Labute approximate surface area is 136 Å². The van der Waals surface area contributed by atoms with Gasteiger partial charge in [0.1, 0.15) is 12.4 Å². The highest BCUT2D eigenvalue weighted by atomic mass is 19.1. The van der Waals surface area contributed by atoms with Gasteiger partial charge in [0.05, 0.1) is 0 Å². The molecular weight excluding hydrogens is 313 g/mol. The van der Waals surface area contributed by atoms with Crippen LogP contribution in [0.4, 0.5) is 4.39 Å². The molecule has 6 nitrogen and oxygen atoms in total. The predicted octanol–water partition coefficient (Wildman–Crippen LogP) is 1.96. The number of aromatic nitrogens is 2. The van der Waals surface area contributed by atoms with Crippen molar-refractivity contribution in [2.75, 3.05) is 0 Å². The van der Waals surface area contributed by atoms with Crippen LogP contribution in [0.3, 0.4) is 0 Å². The van der Waals surface area contributed by atoms with Gasteiger partial charge in [-0.1, -0.05) is 47.6 Å². The Morgan fingerprint density at radius 3 is 2.54 bits per heavy atom. The number of nitrogens with zero attached hydrogens (tertiary/aromatic N) is 2. The number of halogens is 1. The summed E-state index contributed by atoms with van der Waals surface area (Å²) >= 11 is 0. The Morgan fingerprint density at radius 2 is 1.83 bits per heavy atom. The maximum absolute atomic E-state index is 12.8. The number of carbonyl (C=O) groups excluding carboxylic acids is 1. The summed E-state index contributed by atoms with van der Waals surface area (Å²) in [5.74, 6) is -1.13. The Bertz CT molecular complexity index is 885. The van der Waals surface area contributed by atoms with Crippen molar-refractivity contribution in [3.05, 3.63) is 76.5 Å². The van der Waals surface area contributed by atoms with Crippen molar-refractivity contribution in [2.24, 2.45) is 0 Å². The molecule has 24 heavy (non-hydrogen) atoms. The Morgan fingerprint density at radius 1 is 1.12 bits per heavy atom. The van der Waals surface area contributed by atoms with Crippen LogP contribution in [0.15, 0.2) is 63.9 Å². The van der Waals surface area contributed by atoms with E-state index in [0.29, 0.717) is 5.56 Å². The van der Waals surface area contributed by atoms with Gasteiger partial charge < -0.3 is 5.32 Å². The summed E-state index contributed by atoms with van der Waals surface area (Å²) in [5, 5.41) is 6.39. The van der Waals surface area contributed by atoms with Gasteiger partial charge in [0.25, 0.3) is 0 Å². The van der Waals surface area contributed by atoms with E-state index in [2.05, 4.69) is 15.0 Å². The zero-order chi connectivity index (χ0) is 16.9. The van der Waals surface area contributed by atoms with E-state index in [9.17, 15) is 14.0 Å². The van der Waals surface area contributed by atoms with Gasteiger partial charge in [-0.25, -0.2) is 13.8 Å². The third kappa shape index (κ3) is 3.57. The van der Waals surface area contributed by atoms with Crippen LogP contribution in [0.5, 0.6) is 0 Å². The van der Waals surface area contributed by atoms with E-state index < -0.39 is 5.76 Å². The quantitative estimate of drug-likeness (QED) is 0.777. The highest BCUT2D eigenvalue weighted by Crippen LogP contribution is 2.14. The average molecular weight is 327 g/mol. The fourth-order valence-electron chi connectivity index (χ4n) is 2.20. The minimum Gasteiger partial charge on any atom is -0.350 e. The second kappa shape index (κ2) is 6.91. The highest BCUT2D eigenvalue weighted by molar-refractivity contribution is 5.76. The van der Waals surface area contributed by atoms with Crippen LogP contribution in [0.1, 0.15) is 5.56 Å². The van der Waals surface area contributed by atoms with E-state index in [4.69, 9.17) is 0 Å². The molecule has 0 atom stereocenters. The molecule has 0 bridgehead atoms. The average Bonchev–Trinajstić information content (AvgIpc) is 2.96. The zero-order valence-corrected chi connectivity index (χ0v) is 12.6. The van der Waals surface area contributed by atoms with E-state index >= 15 is 0 Å². The first kappa shape index (κ1) is 15.7. The molecule has 1 N–H and O–H groups in total. The zero-order valence-electron chi connectivity index (χ0n) is 12.6. The molecule has 0 aliphatic carbocycles. The number of amides is 1. The summed E-state index contributed by atoms with van der Waals surface area (Å²) in [5.41, 5.74) is 1.43. The molecule has 0 spiro atoms. The Hall–Kier alpha value is -3.22. The molecular formula is C17H14FN3O3. The summed E-state index contributed by atoms with van der Waals surface area (Å²) in [7, 11) is 0. The normalized spacial score (nSPS) is 10.5. The summed E-state index contributed by atoms with van der Waals surface area (Å²) in [6, 6.07) is 14.8. The Kier molecular flexibility index (Phi) is 4.51. The summed E-state index contributed by atoms with van der Waals surface area (Å²) in [6.45, 7) is 0.0214. The molecule has 122 valence electrons. The molecule has 0 unspecified atom stereocenters. The molecule has 1 aromatic heterocycles. The fourth-order valence-corrected chi connectivity index (χ4v) is 2.20. The van der Waals surface area contributed by atoms with Crippen LogP contribution in [-0.4, -0.2) is 15.6 Å². The van der Waals surface area contributed by atoms with Gasteiger partial charge in [-0.2, -0.15) is 0 Å². The molecule has 0 radical (unpaired) electrons. The predicted molar refractivity (Wildman–Crippen MR) is 84.4 cm³/mol. The van der Waals surface area contributed by atoms with E-state index in [-0.39, 0.29) is 30.6 Å². The third-order valence-electron chi connectivity index (χ3n) is 3.42. The molecule has 3 aromatic rings. The van der Waals surface area contributed by atoms with Crippen LogP contribution in [0.2, 0.25) is 0 Å². The van der Waals surface area contributed by atoms with Crippen LogP contribution in [0, 0.1) is 5.82 Å². The van der Waals surface area contributed by atoms with E-state index in [1.165, 1.54) is 12.1 Å². The highest BCUT2D eigenvalue weighted by Gasteiger charge is 2.15. The third-order valence-corrected chi connectivity index (χ3v) is 3.42. The minimum atomic E-state index is -0.703. The minimum absolute atomic E-state index is 0.215. The summed E-state index contributed by atoms with van der Waals surface area (Å²) in [4.78, 5) is 23.8. The number of hydrogen-bond donors (Lipinski definition) is 1. The van der Waals surface area contributed by atoms with Crippen molar-refractivity contribution >= 4 is 5.91 Å². The van der Waals surface area contributed by atoms with E-state index in [1.807, 2.05) is 6.07 Å².